The minimum Gasteiger partial charge on any atom is -0.378 e. The number of carbonyl (C=O) groups is 3. The summed E-state index contributed by atoms with van der Waals surface area (Å²) >= 11 is 0. The molecule has 0 saturated carbocycles. The van der Waals surface area contributed by atoms with Crippen LogP contribution in [0.15, 0.2) is 24.3 Å². The lowest BCUT2D eigenvalue weighted by atomic mass is 10.0. The Balaban J connectivity index is 1.71. The van der Waals surface area contributed by atoms with Crippen LogP contribution in [0.3, 0.4) is 0 Å². The summed E-state index contributed by atoms with van der Waals surface area (Å²) in [6, 6.07) is 6.46. The molecule has 0 radical (unpaired) electrons. The highest BCUT2D eigenvalue weighted by Crippen LogP contribution is 2.21. The number of likely N-dealkylation sites (tertiary alicyclic amines) is 1. The monoisotopic (exact) mass is 373 g/mol. The zero-order chi connectivity index (χ0) is 19.4. The van der Waals surface area contributed by atoms with Gasteiger partial charge in [0.1, 0.15) is 6.04 Å². The first kappa shape index (κ1) is 19.4. The molecule has 3 amide bonds. The van der Waals surface area contributed by atoms with Gasteiger partial charge in [0.2, 0.25) is 11.8 Å². The summed E-state index contributed by atoms with van der Waals surface area (Å²) in [6.45, 7) is 6.72. The molecule has 0 aliphatic carbocycles. The SMILES string of the molecule is CC(C)C(C(=O)Nc1cccc(C(=O)N2CCOCC2)c1)N1CCCC1=O. The number of hydrogen-bond donors (Lipinski definition) is 1. The molecule has 27 heavy (non-hydrogen) atoms. The molecule has 146 valence electrons. The Morgan fingerprint density at radius 2 is 1.89 bits per heavy atom. The number of nitrogens with one attached hydrogen (secondary N) is 1. The van der Waals surface area contributed by atoms with Gasteiger partial charge in [0.15, 0.2) is 0 Å². The fourth-order valence-corrected chi connectivity index (χ4v) is 3.66. The fourth-order valence-electron chi connectivity index (χ4n) is 3.66. The number of benzene rings is 1. The lowest BCUT2D eigenvalue weighted by Gasteiger charge is -2.30. The lowest BCUT2D eigenvalue weighted by Crippen LogP contribution is -2.48. The van der Waals surface area contributed by atoms with E-state index >= 15 is 0 Å². The van der Waals surface area contributed by atoms with Crippen LogP contribution in [0.25, 0.3) is 0 Å². The predicted molar refractivity (Wildman–Crippen MR) is 101 cm³/mol. The summed E-state index contributed by atoms with van der Waals surface area (Å²) in [7, 11) is 0. The Kier molecular flexibility index (Phi) is 6.11. The van der Waals surface area contributed by atoms with Crippen LogP contribution >= 0.6 is 0 Å². The summed E-state index contributed by atoms with van der Waals surface area (Å²) in [5.74, 6) is -0.244. The number of rotatable bonds is 5. The molecule has 1 atom stereocenters. The van der Waals surface area contributed by atoms with Gasteiger partial charge in [-0.25, -0.2) is 0 Å². The third-order valence-electron chi connectivity index (χ3n) is 5.02. The first-order valence-corrected chi connectivity index (χ1v) is 9.55. The Morgan fingerprint density at radius 1 is 1.15 bits per heavy atom. The van der Waals surface area contributed by atoms with Gasteiger partial charge in [0.05, 0.1) is 13.2 Å². The average Bonchev–Trinajstić information content (AvgIpc) is 3.07. The van der Waals surface area contributed by atoms with Crippen molar-refractivity contribution in [2.75, 3.05) is 38.2 Å². The van der Waals surface area contributed by atoms with Gasteiger partial charge in [0, 0.05) is 37.3 Å². The van der Waals surface area contributed by atoms with Crippen molar-refractivity contribution in [1.29, 1.82) is 0 Å². The van der Waals surface area contributed by atoms with Crippen molar-refractivity contribution >= 4 is 23.4 Å². The van der Waals surface area contributed by atoms with Crippen molar-refractivity contribution in [1.82, 2.24) is 9.80 Å². The van der Waals surface area contributed by atoms with E-state index in [1.54, 1.807) is 34.1 Å². The highest BCUT2D eigenvalue weighted by molar-refractivity contribution is 6.00. The predicted octanol–water partition coefficient (Wildman–Crippen LogP) is 1.74. The van der Waals surface area contributed by atoms with Crippen molar-refractivity contribution in [2.45, 2.75) is 32.7 Å². The molecule has 7 nitrogen and oxygen atoms in total. The van der Waals surface area contributed by atoms with E-state index in [4.69, 9.17) is 4.74 Å². The summed E-state index contributed by atoms with van der Waals surface area (Å²) < 4.78 is 5.29. The molecular formula is C20H27N3O4. The van der Waals surface area contributed by atoms with E-state index in [-0.39, 0.29) is 23.6 Å². The molecule has 2 saturated heterocycles. The van der Waals surface area contributed by atoms with E-state index in [9.17, 15) is 14.4 Å². The molecule has 2 fully saturated rings. The summed E-state index contributed by atoms with van der Waals surface area (Å²) in [5, 5.41) is 2.89. The topological polar surface area (TPSA) is 79.0 Å². The van der Waals surface area contributed by atoms with Crippen LogP contribution in [0, 0.1) is 5.92 Å². The summed E-state index contributed by atoms with van der Waals surface area (Å²) in [6.07, 6.45) is 1.29. The van der Waals surface area contributed by atoms with E-state index in [0.717, 1.165) is 6.42 Å². The molecule has 7 heteroatoms. The largest absolute Gasteiger partial charge is 0.378 e. The molecule has 0 aromatic heterocycles. The van der Waals surface area contributed by atoms with Crippen LogP contribution in [0.2, 0.25) is 0 Å². The molecule has 1 N–H and O–H groups in total. The highest BCUT2D eigenvalue weighted by Gasteiger charge is 2.35. The van der Waals surface area contributed by atoms with Gasteiger partial charge >= 0.3 is 0 Å². The molecular weight excluding hydrogens is 346 g/mol. The van der Waals surface area contributed by atoms with Gasteiger partial charge in [-0.3, -0.25) is 14.4 Å². The third-order valence-corrected chi connectivity index (χ3v) is 5.02. The minimum atomic E-state index is -0.501. The van der Waals surface area contributed by atoms with Crippen LogP contribution in [-0.4, -0.2) is 66.4 Å². The van der Waals surface area contributed by atoms with Crippen LogP contribution in [0.5, 0.6) is 0 Å². The van der Waals surface area contributed by atoms with Gasteiger partial charge in [0.25, 0.3) is 5.91 Å². The Hall–Kier alpha value is -2.41. The van der Waals surface area contributed by atoms with Crippen LogP contribution in [-0.2, 0) is 14.3 Å². The maximum atomic E-state index is 12.9. The Morgan fingerprint density at radius 3 is 2.52 bits per heavy atom. The Bertz CT molecular complexity index is 713. The smallest absolute Gasteiger partial charge is 0.254 e. The van der Waals surface area contributed by atoms with Crippen LogP contribution in [0.1, 0.15) is 37.0 Å². The van der Waals surface area contributed by atoms with Gasteiger partial charge in [-0.1, -0.05) is 19.9 Å². The maximum Gasteiger partial charge on any atom is 0.254 e. The standard InChI is InChI=1S/C20H27N3O4/c1-14(2)18(23-8-4-7-17(23)24)19(25)21-16-6-3-5-15(13-16)20(26)22-9-11-27-12-10-22/h3,5-6,13-14,18H,4,7-12H2,1-2H3,(H,21,25). The van der Waals surface area contributed by atoms with Crippen molar-refractivity contribution < 1.29 is 19.1 Å². The van der Waals surface area contributed by atoms with Crippen molar-refractivity contribution in [3.05, 3.63) is 29.8 Å². The lowest BCUT2D eigenvalue weighted by molar-refractivity contribution is -0.136. The second-order valence-corrected chi connectivity index (χ2v) is 7.35. The molecule has 2 aliphatic rings. The van der Waals surface area contributed by atoms with Gasteiger partial charge in [-0.05, 0) is 30.5 Å². The van der Waals surface area contributed by atoms with E-state index in [1.807, 2.05) is 13.8 Å². The molecule has 0 spiro atoms. The molecule has 0 bridgehead atoms. The average molecular weight is 373 g/mol. The second-order valence-electron chi connectivity index (χ2n) is 7.35. The summed E-state index contributed by atoms with van der Waals surface area (Å²) in [5.41, 5.74) is 1.10. The van der Waals surface area contributed by atoms with E-state index < -0.39 is 6.04 Å². The van der Waals surface area contributed by atoms with Crippen molar-refractivity contribution in [3.8, 4) is 0 Å². The van der Waals surface area contributed by atoms with Crippen LogP contribution in [0.4, 0.5) is 5.69 Å². The summed E-state index contributed by atoms with van der Waals surface area (Å²) in [4.78, 5) is 41.0. The number of morpholine rings is 1. The minimum absolute atomic E-state index is 0.00483. The van der Waals surface area contributed by atoms with Crippen molar-refractivity contribution in [3.63, 3.8) is 0 Å². The first-order chi connectivity index (χ1) is 13.0. The van der Waals surface area contributed by atoms with E-state index in [1.165, 1.54) is 0 Å². The fraction of sp³-hybridized carbons (Fsp3) is 0.550. The molecule has 1 aromatic carbocycles. The second kappa shape index (κ2) is 8.52. The molecule has 2 heterocycles. The molecule has 3 rings (SSSR count). The van der Waals surface area contributed by atoms with E-state index in [2.05, 4.69) is 5.32 Å². The highest BCUT2D eigenvalue weighted by atomic mass is 16.5. The van der Waals surface area contributed by atoms with Crippen LogP contribution < -0.4 is 5.32 Å². The number of nitrogens with zero attached hydrogens (tertiary/aromatic N) is 2. The zero-order valence-electron chi connectivity index (χ0n) is 15.9. The number of amides is 3. The number of hydrogen-bond acceptors (Lipinski definition) is 4. The normalized spacial score (nSPS) is 18.7. The maximum absolute atomic E-state index is 12.9. The number of anilines is 1. The van der Waals surface area contributed by atoms with E-state index in [0.29, 0.717) is 50.5 Å². The molecule has 2 aliphatic heterocycles. The number of ether oxygens (including phenoxy) is 1. The zero-order valence-corrected chi connectivity index (χ0v) is 15.9. The Labute approximate surface area is 159 Å². The van der Waals surface area contributed by atoms with Gasteiger partial charge < -0.3 is 19.9 Å². The first-order valence-electron chi connectivity index (χ1n) is 9.55. The van der Waals surface area contributed by atoms with Crippen molar-refractivity contribution in [2.24, 2.45) is 5.92 Å². The number of carbonyl (C=O) groups excluding carboxylic acids is 3. The van der Waals surface area contributed by atoms with Gasteiger partial charge in [-0.2, -0.15) is 0 Å². The quantitative estimate of drug-likeness (QED) is 0.853. The third kappa shape index (κ3) is 4.47. The van der Waals surface area contributed by atoms with Gasteiger partial charge in [-0.15, -0.1) is 0 Å². The molecule has 1 unspecified atom stereocenters. The molecule has 1 aromatic rings.